The lowest BCUT2D eigenvalue weighted by Gasteiger charge is -2.28. The Bertz CT molecular complexity index is 517. The largest absolute Gasteiger partial charge is 0.331 e. The van der Waals surface area contributed by atoms with Crippen molar-refractivity contribution in [3.63, 3.8) is 0 Å². The van der Waals surface area contributed by atoms with Gasteiger partial charge in [0.25, 0.3) is 5.91 Å². The van der Waals surface area contributed by atoms with Crippen molar-refractivity contribution >= 4 is 5.91 Å². The highest BCUT2D eigenvalue weighted by atomic mass is 19.1. The summed E-state index contributed by atoms with van der Waals surface area (Å²) in [6.45, 7) is 5.68. The van der Waals surface area contributed by atoms with Crippen molar-refractivity contribution in [3.8, 4) is 0 Å². The van der Waals surface area contributed by atoms with E-state index in [9.17, 15) is 9.18 Å². The Morgan fingerprint density at radius 3 is 2.95 bits per heavy atom. The van der Waals surface area contributed by atoms with Crippen LogP contribution in [0.5, 0.6) is 0 Å². The fourth-order valence-electron chi connectivity index (χ4n) is 3.45. The number of carbonyl (C=O) groups is 1. The number of hydrogen-bond acceptors (Lipinski definition) is 2. The molecule has 3 atom stereocenters. The molecule has 102 valence electrons. The lowest BCUT2D eigenvalue weighted by molar-refractivity contribution is 0.0677. The van der Waals surface area contributed by atoms with Gasteiger partial charge in [-0.1, -0.05) is 6.07 Å². The van der Waals surface area contributed by atoms with Crippen molar-refractivity contribution in [2.24, 2.45) is 5.92 Å². The van der Waals surface area contributed by atoms with Gasteiger partial charge in [-0.15, -0.1) is 0 Å². The van der Waals surface area contributed by atoms with Crippen LogP contribution in [-0.4, -0.2) is 36.0 Å². The van der Waals surface area contributed by atoms with Gasteiger partial charge in [0, 0.05) is 25.2 Å². The molecule has 0 spiro atoms. The standard InChI is InChI=1S/C15H19FN2O/c1-9-3-4-12(13(16)5-9)15(19)18-10(2)6-11-7-17-8-14(11)18/h3-5,10-11,14,17H,6-8H2,1-2H3. The van der Waals surface area contributed by atoms with Crippen LogP contribution in [0.15, 0.2) is 18.2 Å². The third-order valence-electron chi connectivity index (χ3n) is 4.37. The van der Waals surface area contributed by atoms with Crippen molar-refractivity contribution in [2.45, 2.75) is 32.4 Å². The van der Waals surface area contributed by atoms with Crippen molar-refractivity contribution in [3.05, 3.63) is 35.1 Å². The van der Waals surface area contributed by atoms with Crippen LogP contribution in [0.2, 0.25) is 0 Å². The van der Waals surface area contributed by atoms with Gasteiger partial charge < -0.3 is 10.2 Å². The van der Waals surface area contributed by atoms with Crippen LogP contribution in [0.25, 0.3) is 0 Å². The number of aryl methyl sites for hydroxylation is 1. The molecule has 3 rings (SSSR count). The van der Waals surface area contributed by atoms with E-state index in [2.05, 4.69) is 12.2 Å². The Morgan fingerprint density at radius 1 is 1.42 bits per heavy atom. The third kappa shape index (κ3) is 2.04. The van der Waals surface area contributed by atoms with E-state index in [4.69, 9.17) is 0 Å². The first-order valence-corrected chi connectivity index (χ1v) is 6.87. The van der Waals surface area contributed by atoms with E-state index >= 15 is 0 Å². The van der Waals surface area contributed by atoms with Crippen LogP contribution in [0.3, 0.4) is 0 Å². The predicted molar refractivity (Wildman–Crippen MR) is 71.5 cm³/mol. The number of carbonyl (C=O) groups excluding carboxylic acids is 1. The van der Waals surface area contributed by atoms with Crippen LogP contribution in [-0.2, 0) is 0 Å². The molecule has 4 heteroatoms. The van der Waals surface area contributed by atoms with E-state index in [1.807, 2.05) is 11.8 Å². The molecule has 2 heterocycles. The topological polar surface area (TPSA) is 32.3 Å². The first kappa shape index (κ1) is 12.6. The van der Waals surface area contributed by atoms with Crippen molar-refractivity contribution in [2.75, 3.05) is 13.1 Å². The van der Waals surface area contributed by atoms with Gasteiger partial charge in [-0.25, -0.2) is 4.39 Å². The zero-order valence-corrected chi connectivity index (χ0v) is 11.3. The Hall–Kier alpha value is -1.42. The minimum atomic E-state index is -0.411. The quantitative estimate of drug-likeness (QED) is 0.839. The van der Waals surface area contributed by atoms with Crippen LogP contribution >= 0.6 is 0 Å². The molecule has 2 aliphatic rings. The summed E-state index contributed by atoms with van der Waals surface area (Å²) in [6.07, 6.45) is 1.01. The number of amides is 1. The zero-order chi connectivity index (χ0) is 13.6. The Balaban J connectivity index is 1.90. The average Bonchev–Trinajstić information content (AvgIpc) is 2.87. The van der Waals surface area contributed by atoms with E-state index in [0.29, 0.717) is 5.92 Å². The number of likely N-dealkylation sites (tertiary alicyclic amines) is 1. The Kier molecular flexibility index (Phi) is 3.05. The molecular weight excluding hydrogens is 243 g/mol. The smallest absolute Gasteiger partial charge is 0.257 e. The van der Waals surface area contributed by atoms with Gasteiger partial charge in [0.1, 0.15) is 5.82 Å². The van der Waals surface area contributed by atoms with E-state index < -0.39 is 5.82 Å². The lowest BCUT2D eigenvalue weighted by atomic mass is 10.0. The molecule has 0 bridgehead atoms. The monoisotopic (exact) mass is 262 g/mol. The van der Waals surface area contributed by atoms with Gasteiger partial charge in [0.05, 0.1) is 5.56 Å². The molecule has 1 aromatic carbocycles. The number of halogens is 1. The van der Waals surface area contributed by atoms with E-state index in [1.165, 1.54) is 6.07 Å². The Labute approximate surface area is 112 Å². The normalized spacial score (nSPS) is 29.6. The summed E-state index contributed by atoms with van der Waals surface area (Å²) in [7, 11) is 0. The molecule has 19 heavy (non-hydrogen) atoms. The summed E-state index contributed by atoms with van der Waals surface area (Å²) in [5, 5.41) is 3.32. The number of nitrogens with zero attached hydrogens (tertiary/aromatic N) is 1. The molecule has 0 radical (unpaired) electrons. The molecule has 1 amide bonds. The highest BCUT2D eigenvalue weighted by Crippen LogP contribution is 2.33. The second-order valence-electron chi connectivity index (χ2n) is 5.77. The lowest BCUT2D eigenvalue weighted by Crippen LogP contribution is -2.43. The van der Waals surface area contributed by atoms with Gasteiger partial charge in [-0.2, -0.15) is 0 Å². The molecule has 0 aromatic heterocycles. The van der Waals surface area contributed by atoms with Crippen molar-refractivity contribution in [1.29, 1.82) is 0 Å². The zero-order valence-electron chi connectivity index (χ0n) is 11.3. The molecule has 1 aromatic rings. The van der Waals surface area contributed by atoms with Crippen molar-refractivity contribution in [1.82, 2.24) is 10.2 Å². The van der Waals surface area contributed by atoms with Crippen LogP contribution < -0.4 is 5.32 Å². The summed E-state index contributed by atoms with van der Waals surface area (Å²) < 4.78 is 14.0. The second-order valence-corrected chi connectivity index (χ2v) is 5.77. The van der Waals surface area contributed by atoms with E-state index in [1.54, 1.807) is 12.1 Å². The number of rotatable bonds is 1. The second kappa shape index (κ2) is 4.60. The Morgan fingerprint density at radius 2 is 2.21 bits per heavy atom. The highest BCUT2D eigenvalue weighted by molar-refractivity contribution is 5.95. The molecule has 1 N–H and O–H groups in total. The summed E-state index contributed by atoms with van der Waals surface area (Å²) in [5.41, 5.74) is 1.04. The van der Waals surface area contributed by atoms with Gasteiger partial charge in [0.15, 0.2) is 0 Å². The molecule has 3 unspecified atom stereocenters. The van der Waals surface area contributed by atoms with Crippen LogP contribution in [0, 0.1) is 18.7 Å². The molecule has 3 nitrogen and oxygen atoms in total. The first-order valence-electron chi connectivity index (χ1n) is 6.87. The van der Waals surface area contributed by atoms with Crippen molar-refractivity contribution < 1.29 is 9.18 Å². The maximum Gasteiger partial charge on any atom is 0.257 e. The summed E-state index contributed by atoms with van der Waals surface area (Å²) in [5.74, 6) is -0.0553. The molecule has 2 fully saturated rings. The SMILES string of the molecule is Cc1ccc(C(=O)N2C(C)CC3CNCC32)c(F)c1. The van der Waals surface area contributed by atoms with E-state index in [0.717, 1.165) is 25.1 Å². The fraction of sp³-hybridized carbons (Fsp3) is 0.533. The minimum absolute atomic E-state index is 0.166. The number of nitrogens with one attached hydrogen (secondary N) is 1. The minimum Gasteiger partial charge on any atom is -0.331 e. The fourth-order valence-corrected chi connectivity index (χ4v) is 3.45. The molecular formula is C15H19FN2O. The summed E-state index contributed by atoms with van der Waals surface area (Å²) in [4.78, 5) is 14.5. The van der Waals surface area contributed by atoms with E-state index in [-0.39, 0.29) is 23.6 Å². The van der Waals surface area contributed by atoms with Gasteiger partial charge in [0.2, 0.25) is 0 Å². The number of benzene rings is 1. The van der Waals surface area contributed by atoms with Gasteiger partial charge >= 0.3 is 0 Å². The molecule has 2 aliphatic heterocycles. The first-order chi connectivity index (χ1) is 9.08. The molecule has 0 saturated carbocycles. The molecule has 0 aliphatic carbocycles. The highest BCUT2D eigenvalue weighted by Gasteiger charge is 2.44. The maximum absolute atomic E-state index is 14.0. The summed E-state index contributed by atoms with van der Waals surface area (Å²) >= 11 is 0. The number of hydrogen-bond donors (Lipinski definition) is 1. The van der Waals surface area contributed by atoms with Crippen LogP contribution in [0.4, 0.5) is 4.39 Å². The predicted octanol–water partition coefficient (Wildman–Crippen LogP) is 1.96. The number of fused-ring (bicyclic) bond motifs is 1. The maximum atomic E-state index is 14.0. The van der Waals surface area contributed by atoms with Crippen LogP contribution in [0.1, 0.15) is 29.3 Å². The van der Waals surface area contributed by atoms with Gasteiger partial charge in [-0.3, -0.25) is 4.79 Å². The average molecular weight is 262 g/mol. The van der Waals surface area contributed by atoms with Gasteiger partial charge in [-0.05, 0) is 43.9 Å². The third-order valence-corrected chi connectivity index (χ3v) is 4.37. The molecule has 2 saturated heterocycles. The summed E-state index contributed by atoms with van der Waals surface area (Å²) in [6, 6.07) is 5.25.